The van der Waals surface area contributed by atoms with Crippen LogP contribution in [0.2, 0.25) is 5.02 Å². The molecule has 0 atom stereocenters. The Morgan fingerprint density at radius 3 is 2.92 bits per heavy atom. The highest BCUT2D eigenvalue weighted by atomic mass is 35.5. The van der Waals surface area contributed by atoms with E-state index < -0.39 is 0 Å². The number of hydrogen-bond acceptors (Lipinski definition) is 3. The Hall–Kier alpha value is -1.20. The molecule has 0 aliphatic carbocycles. The lowest BCUT2D eigenvalue weighted by molar-refractivity contribution is 0.834. The Bertz CT molecular complexity index is 475. The highest BCUT2D eigenvalue weighted by molar-refractivity contribution is 7.71. The summed E-state index contributed by atoms with van der Waals surface area (Å²) in [5, 5.41) is 3.35. The van der Waals surface area contributed by atoms with Crippen molar-refractivity contribution >= 4 is 23.8 Å². The molecule has 4 nitrogen and oxygen atoms in total. The van der Waals surface area contributed by atoms with Crippen molar-refractivity contribution in [3.05, 3.63) is 34.5 Å². The second-order valence-corrected chi connectivity index (χ2v) is 3.09. The van der Waals surface area contributed by atoms with Gasteiger partial charge in [0.1, 0.15) is 6.33 Å². The summed E-state index contributed by atoms with van der Waals surface area (Å²) in [5.74, 6) is 0.562. The standard InChI is InChI=1S/C7H5ClN4S/c8-5-2-1-3-9-6(5)12-7(13)10-4-11-12/h1-4H,(H,10,11,13). The summed E-state index contributed by atoms with van der Waals surface area (Å²) in [5.41, 5.74) is 0. The fraction of sp³-hybridized carbons (Fsp3) is 0. The first kappa shape index (κ1) is 8.40. The first-order chi connectivity index (χ1) is 6.29. The Morgan fingerprint density at radius 1 is 1.46 bits per heavy atom. The smallest absolute Gasteiger partial charge is 0.222 e. The third-order valence-corrected chi connectivity index (χ3v) is 2.09. The molecular formula is C7H5ClN4S. The highest BCUT2D eigenvalue weighted by Gasteiger charge is 2.03. The van der Waals surface area contributed by atoms with Crippen LogP contribution < -0.4 is 0 Å². The van der Waals surface area contributed by atoms with E-state index in [2.05, 4.69) is 15.1 Å². The van der Waals surface area contributed by atoms with E-state index >= 15 is 0 Å². The molecule has 0 bridgehead atoms. The number of nitrogens with one attached hydrogen (secondary N) is 1. The SMILES string of the molecule is S=c1nc[nH]n1-c1ncccc1Cl. The van der Waals surface area contributed by atoms with Crippen LogP contribution in [0.15, 0.2) is 24.7 Å². The zero-order chi connectivity index (χ0) is 9.26. The number of H-pyrrole nitrogens is 1. The first-order valence-electron chi connectivity index (χ1n) is 3.52. The van der Waals surface area contributed by atoms with Crippen molar-refractivity contribution in [1.82, 2.24) is 19.7 Å². The van der Waals surface area contributed by atoms with E-state index in [1.54, 1.807) is 18.3 Å². The maximum absolute atomic E-state index is 5.91. The molecule has 2 aromatic heterocycles. The van der Waals surface area contributed by atoms with Gasteiger partial charge in [-0.25, -0.2) is 14.6 Å². The van der Waals surface area contributed by atoms with Crippen LogP contribution >= 0.6 is 23.8 Å². The second-order valence-electron chi connectivity index (χ2n) is 2.31. The summed E-state index contributed by atoms with van der Waals surface area (Å²) in [4.78, 5) is 7.93. The van der Waals surface area contributed by atoms with Crippen molar-refractivity contribution < 1.29 is 0 Å². The van der Waals surface area contributed by atoms with Crippen molar-refractivity contribution in [2.75, 3.05) is 0 Å². The zero-order valence-corrected chi connectivity index (χ0v) is 8.01. The van der Waals surface area contributed by atoms with Crippen LogP contribution in [0.4, 0.5) is 0 Å². The van der Waals surface area contributed by atoms with Crippen LogP contribution in [0.3, 0.4) is 0 Å². The van der Waals surface area contributed by atoms with Crippen molar-refractivity contribution in [2.24, 2.45) is 0 Å². The minimum absolute atomic E-state index is 0.403. The van der Waals surface area contributed by atoms with Gasteiger partial charge in [-0.15, -0.1) is 0 Å². The quantitative estimate of drug-likeness (QED) is 0.736. The molecule has 6 heteroatoms. The van der Waals surface area contributed by atoms with Gasteiger partial charge in [0.15, 0.2) is 5.82 Å². The van der Waals surface area contributed by atoms with Crippen LogP contribution in [0.25, 0.3) is 5.82 Å². The predicted octanol–water partition coefficient (Wildman–Crippen LogP) is 1.98. The number of hydrogen-bond donors (Lipinski definition) is 1. The molecule has 13 heavy (non-hydrogen) atoms. The van der Waals surface area contributed by atoms with Gasteiger partial charge in [-0.2, -0.15) is 0 Å². The maximum atomic E-state index is 5.91. The number of halogens is 1. The average molecular weight is 213 g/mol. The number of aromatic amines is 1. The van der Waals surface area contributed by atoms with Crippen molar-refractivity contribution in [3.63, 3.8) is 0 Å². The molecule has 0 radical (unpaired) electrons. The molecule has 0 aromatic carbocycles. The topological polar surface area (TPSA) is 46.5 Å². The normalized spacial score (nSPS) is 10.2. The largest absolute Gasteiger partial charge is 0.279 e. The summed E-state index contributed by atoms with van der Waals surface area (Å²) in [7, 11) is 0. The molecule has 2 rings (SSSR count). The Kier molecular flexibility index (Phi) is 2.12. The lowest BCUT2D eigenvalue weighted by Crippen LogP contribution is -1.99. The monoisotopic (exact) mass is 212 g/mol. The second kappa shape index (κ2) is 3.27. The molecule has 0 fully saturated rings. The maximum Gasteiger partial charge on any atom is 0.222 e. The third-order valence-electron chi connectivity index (χ3n) is 1.50. The van der Waals surface area contributed by atoms with E-state index in [4.69, 9.17) is 23.8 Å². The average Bonchev–Trinajstić information content (AvgIpc) is 2.52. The predicted molar refractivity (Wildman–Crippen MR) is 51.6 cm³/mol. The fourth-order valence-electron chi connectivity index (χ4n) is 0.948. The molecule has 0 aliphatic rings. The minimum atomic E-state index is 0.403. The summed E-state index contributed by atoms with van der Waals surface area (Å²) in [6.07, 6.45) is 3.14. The zero-order valence-electron chi connectivity index (χ0n) is 6.44. The van der Waals surface area contributed by atoms with Crippen molar-refractivity contribution in [3.8, 4) is 5.82 Å². The van der Waals surface area contributed by atoms with Gasteiger partial charge in [-0.05, 0) is 24.4 Å². The molecule has 2 heterocycles. The molecule has 2 aromatic rings. The number of nitrogens with zero attached hydrogens (tertiary/aromatic N) is 3. The van der Waals surface area contributed by atoms with E-state index in [0.29, 0.717) is 15.6 Å². The molecule has 0 spiro atoms. The summed E-state index contributed by atoms with van der Waals surface area (Å²) >= 11 is 10.9. The van der Waals surface area contributed by atoms with Gasteiger partial charge in [0.2, 0.25) is 4.77 Å². The Balaban J connectivity index is 2.66. The minimum Gasteiger partial charge on any atom is -0.279 e. The summed E-state index contributed by atoms with van der Waals surface area (Å²) < 4.78 is 1.94. The Morgan fingerprint density at radius 2 is 2.31 bits per heavy atom. The molecule has 0 unspecified atom stereocenters. The summed E-state index contributed by atoms with van der Waals surface area (Å²) in [6, 6.07) is 3.50. The lowest BCUT2D eigenvalue weighted by atomic mass is 10.5. The lowest BCUT2D eigenvalue weighted by Gasteiger charge is -2.01. The van der Waals surface area contributed by atoms with Gasteiger partial charge >= 0.3 is 0 Å². The van der Waals surface area contributed by atoms with Crippen molar-refractivity contribution in [1.29, 1.82) is 0 Å². The van der Waals surface area contributed by atoms with Crippen LogP contribution in [0.5, 0.6) is 0 Å². The van der Waals surface area contributed by atoms with Gasteiger partial charge in [0.05, 0.1) is 5.02 Å². The van der Waals surface area contributed by atoms with Gasteiger partial charge < -0.3 is 0 Å². The van der Waals surface area contributed by atoms with E-state index in [9.17, 15) is 0 Å². The van der Waals surface area contributed by atoms with E-state index in [0.717, 1.165) is 0 Å². The number of rotatable bonds is 1. The van der Waals surface area contributed by atoms with Crippen LogP contribution in [0.1, 0.15) is 0 Å². The molecule has 0 amide bonds. The van der Waals surface area contributed by atoms with Crippen LogP contribution in [0, 0.1) is 4.77 Å². The van der Waals surface area contributed by atoms with Crippen LogP contribution in [-0.2, 0) is 0 Å². The van der Waals surface area contributed by atoms with Gasteiger partial charge in [-0.1, -0.05) is 11.6 Å². The molecular weight excluding hydrogens is 208 g/mol. The van der Waals surface area contributed by atoms with E-state index in [1.807, 2.05) is 0 Å². The third kappa shape index (κ3) is 1.48. The van der Waals surface area contributed by atoms with Crippen molar-refractivity contribution in [2.45, 2.75) is 0 Å². The fourth-order valence-corrected chi connectivity index (χ4v) is 1.35. The van der Waals surface area contributed by atoms with Gasteiger partial charge in [-0.3, -0.25) is 5.10 Å². The molecule has 1 N–H and O–H groups in total. The first-order valence-corrected chi connectivity index (χ1v) is 4.31. The van der Waals surface area contributed by atoms with E-state index in [-0.39, 0.29) is 0 Å². The van der Waals surface area contributed by atoms with E-state index in [1.165, 1.54) is 11.0 Å². The van der Waals surface area contributed by atoms with Crippen LogP contribution in [-0.4, -0.2) is 19.7 Å². The molecule has 0 aliphatic heterocycles. The van der Waals surface area contributed by atoms with Gasteiger partial charge in [0, 0.05) is 6.20 Å². The molecule has 0 saturated heterocycles. The molecule has 66 valence electrons. The summed E-state index contributed by atoms with van der Waals surface area (Å²) in [6.45, 7) is 0. The molecule has 0 saturated carbocycles. The van der Waals surface area contributed by atoms with Gasteiger partial charge in [0.25, 0.3) is 0 Å². The number of pyridine rings is 1. The number of aromatic nitrogens is 4. The highest BCUT2D eigenvalue weighted by Crippen LogP contribution is 2.15. The Labute approximate surface area is 84.2 Å².